The number of hydrogen-bond acceptors (Lipinski definition) is 4. The summed E-state index contributed by atoms with van der Waals surface area (Å²) in [6, 6.07) is 5.01. The van der Waals surface area contributed by atoms with E-state index in [1.165, 1.54) is 15.6 Å². The van der Waals surface area contributed by atoms with Gasteiger partial charge in [-0.3, -0.25) is 0 Å². The van der Waals surface area contributed by atoms with Crippen LogP contribution in [0.2, 0.25) is 5.02 Å². The molecule has 19 heavy (non-hydrogen) atoms. The van der Waals surface area contributed by atoms with Crippen LogP contribution >= 0.6 is 22.9 Å². The van der Waals surface area contributed by atoms with Gasteiger partial charge in [-0.25, -0.2) is 8.42 Å². The minimum absolute atomic E-state index is 0.251. The zero-order chi connectivity index (χ0) is 14.2. The van der Waals surface area contributed by atoms with Gasteiger partial charge in [-0.1, -0.05) is 11.6 Å². The molecule has 0 saturated heterocycles. The number of fused-ring (bicyclic) bond motifs is 1. The third kappa shape index (κ3) is 2.64. The number of rotatable bonds is 4. The standard InChI is InChI=1S/C12H15ClN2O2S2/c1-8(6-14)15(2)19(16,17)12-7-18-11-4-3-9(13)5-10(11)12/h3-5,7-8H,6,14H2,1-2H3. The molecule has 0 aliphatic carbocycles. The molecule has 0 spiro atoms. The Bertz CT molecular complexity index is 697. The van der Waals surface area contributed by atoms with Crippen LogP contribution in [0, 0.1) is 0 Å². The van der Waals surface area contributed by atoms with Crippen molar-refractivity contribution in [2.45, 2.75) is 17.9 Å². The Balaban J connectivity index is 2.58. The summed E-state index contributed by atoms with van der Waals surface area (Å²) in [7, 11) is -2.00. The van der Waals surface area contributed by atoms with E-state index in [9.17, 15) is 8.42 Å². The minimum atomic E-state index is -3.55. The minimum Gasteiger partial charge on any atom is -0.329 e. The third-order valence-corrected chi connectivity index (χ3v) is 6.48. The zero-order valence-electron chi connectivity index (χ0n) is 10.6. The highest BCUT2D eigenvalue weighted by Gasteiger charge is 2.27. The molecule has 7 heteroatoms. The van der Waals surface area contributed by atoms with Crippen LogP contribution in [0.1, 0.15) is 6.92 Å². The van der Waals surface area contributed by atoms with Crippen LogP contribution in [0.15, 0.2) is 28.5 Å². The van der Waals surface area contributed by atoms with E-state index in [1.54, 1.807) is 31.5 Å². The van der Waals surface area contributed by atoms with Gasteiger partial charge in [0.1, 0.15) is 4.90 Å². The maximum atomic E-state index is 12.6. The molecule has 4 nitrogen and oxygen atoms in total. The first kappa shape index (κ1) is 14.7. The van der Waals surface area contributed by atoms with Gasteiger partial charge in [-0.05, 0) is 25.1 Å². The summed E-state index contributed by atoms with van der Waals surface area (Å²) >= 11 is 7.33. The average Bonchev–Trinajstić information content (AvgIpc) is 2.80. The molecule has 104 valence electrons. The monoisotopic (exact) mass is 318 g/mol. The van der Waals surface area contributed by atoms with Gasteiger partial charge in [0.05, 0.1) is 0 Å². The SMILES string of the molecule is CC(CN)N(C)S(=O)(=O)c1csc2ccc(Cl)cc12. The van der Waals surface area contributed by atoms with E-state index in [0.717, 1.165) is 4.70 Å². The molecular weight excluding hydrogens is 304 g/mol. The second-order valence-corrected chi connectivity index (χ2v) is 7.66. The van der Waals surface area contributed by atoms with Crippen LogP contribution in [0.5, 0.6) is 0 Å². The lowest BCUT2D eigenvalue weighted by Gasteiger charge is -2.22. The lowest BCUT2D eigenvalue weighted by Crippen LogP contribution is -2.39. The summed E-state index contributed by atoms with van der Waals surface area (Å²) in [5, 5.41) is 2.83. The molecule has 1 heterocycles. The van der Waals surface area contributed by atoms with Crippen molar-refractivity contribution < 1.29 is 8.42 Å². The van der Waals surface area contributed by atoms with Crippen molar-refractivity contribution in [3.05, 3.63) is 28.6 Å². The molecule has 2 rings (SSSR count). The molecule has 2 N–H and O–H groups in total. The predicted octanol–water partition coefficient (Wildman–Crippen LogP) is 2.52. The summed E-state index contributed by atoms with van der Waals surface area (Å²) < 4.78 is 27.3. The Morgan fingerprint density at radius 3 is 2.79 bits per heavy atom. The lowest BCUT2D eigenvalue weighted by atomic mass is 10.3. The first-order valence-electron chi connectivity index (χ1n) is 5.72. The fraction of sp³-hybridized carbons (Fsp3) is 0.333. The number of thiophene rings is 1. The summed E-state index contributed by atoms with van der Waals surface area (Å²) in [5.74, 6) is 0. The smallest absolute Gasteiger partial charge is 0.244 e. The second kappa shape index (κ2) is 5.38. The lowest BCUT2D eigenvalue weighted by molar-refractivity contribution is 0.395. The van der Waals surface area contributed by atoms with Gasteiger partial charge in [0.15, 0.2) is 0 Å². The molecule has 1 aromatic carbocycles. The van der Waals surface area contributed by atoms with E-state index in [4.69, 9.17) is 17.3 Å². The molecule has 0 aliphatic heterocycles. The van der Waals surface area contributed by atoms with Crippen molar-refractivity contribution >= 4 is 43.0 Å². The number of hydrogen-bond donors (Lipinski definition) is 1. The third-order valence-electron chi connectivity index (χ3n) is 3.12. The van der Waals surface area contributed by atoms with Crippen LogP contribution in [0.3, 0.4) is 0 Å². The molecule has 0 amide bonds. The highest BCUT2D eigenvalue weighted by molar-refractivity contribution is 7.89. The van der Waals surface area contributed by atoms with Gasteiger partial charge in [-0.2, -0.15) is 4.31 Å². The number of benzene rings is 1. The number of halogens is 1. The van der Waals surface area contributed by atoms with Crippen molar-refractivity contribution in [3.8, 4) is 0 Å². The van der Waals surface area contributed by atoms with Gasteiger partial charge in [0.2, 0.25) is 10.0 Å². The van der Waals surface area contributed by atoms with Crippen LogP contribution in [0.4, 0.5) is 0 Å². The fourth-order valence-corrected chi connectivity index (χ4v) is 4.71. The number of nitrogens with zero attached hydrogens (tertiary/aromatic N) is 1. The Hall–Kier alpha value is -0.660. The van der Waals surface area contributed by atoms with Crippen LogP contribution < -0.4 is 5.73 Å². The van der Waals surface area contributed by atoms with Gasteiger partial charge in [0, 0.05) is 40.1 Å². The van der Waals surface area contributed by atoms with Crippen molar-refractivity contribution in [1.29, 1.82) is 0 Å². The molecule has 1 atom stereocenters. The Morgan fingerprint density at radius 2 is 2.16 bits per heavy atom. The van der Waals surface area contributed by atoms with Crippen molar-refractivity contribution in [2.24, 2.45) is 5.73 Å². The second-order valence-electron chi connectivity index (χ2n) is 4.35. The summed E-state index contributed by atoms with van der Waals surface area (Å²) in [6.07, 6.45) is 0. The van der Waals surface area contributed by atoms with Crippen LogP contribution in [-0.4, -0.2) is 32.4 Å². The Kier molecular flexibility index (Phi) is 4.17. The van der Waals surface area contributed by atoms with Crippen LogP contribution in [0.25, 0.3) is 10.1 Å². The molecule has 0 bridgehead atoms. The molecule has 2 aromatic rings. The van der Waals surface area contributed by atoms with E-state index in [2.05, 4.69) is 0 Å². The highest BCUT2D eigenvalue weighted by atomic mass is 35.5. The van der Waals surface area contributed by atoms with Gasteiger partial charge < -0.3 is 5.73 Å². The molecular formula is C12H15ClN2O2S2. The number of nitrogens with two attached hydrogens (primary N) is 1. The van der Waals surface area contributed by atoms with E-state index in [-0.39, 0.29) is 17.5 Å². The normalized spacial score (nSPS) is 14.2. The van der Waals surface area contributed by atoms with Gasteiger partial charge in [0.25, 0.3) is 0 Å². The topological polar surface area (TPSA) is 63.4 Å². The fourth-order valence-electron chi connectivity index (χ4n) is 1.72. The molecule has 1 aromatic heterocycles. The van der Waals surface area contributed by atoms with Gasteiger partial charge >= 0.3 is 0 Å². The maximum Gasteiger partial charge on any atom is 0.244 e. The molecule has 0 saturated carbocycles. The molecule has 1 unspecified atom stereocenters. The Labute approximate surface area is 121 Å². The first-order chi connectivity index (χ1) is 8.87. The summed E-state index contributed by atoms with van der Waals surface area (Å²) in [4.78, 5) is 0.290. The molecule has 0 radical (unpaired) electrons. The van der Waals surface area contributed by atoms with Crippen molar-refractivity contribution in [1.82, 2.24) is 4.31 Å². The van der Waals surface area contributed by atoms with E-state index in [1.807, 2.05) is 6.07 Å². The zero-order valence-corrected chi connectivity index (χ0v) is 13.0. The highest BCUT2D eigenvalue weighted by Crippen LogP contribution is 2.33. The van der Waals surface area contributed by atoms with Crippen molar-refractivity contribution in [3.63, 3.8) is 0 Å². The summed E-state index contributed by atoms with van der Waals surface area (Å²) in [5.41, 5.74) is 5.54. The largest absolute Gasteiger partial charge is 0.329 e. The molecule has 0 aliphatic rings. The van der Waals surface area contributed by atoms with Crippen LogP contribution in [-0.2, 0) is 10.0 Å². The number of sulfonamides is 1. The number of likely N-dealkylation sites (N-methyl/N-ethyl adjacent to an activating group) is 1. The Morgan fingerprint density at radius 1 is 1.47 bits per heavy atom. The first-order valence-corrected chi connectivity index (χ1v) is 8.42. The quantitative estimate of drug-likeness (QED) is 0.942. The van der Waals surface area contributed by atoms with E-state index < -0.39 is 10.0 Å². The summed E-state index contributed by atoms with van der Waals surface area (Å²) in [6.45, 7) is 2.05. The predicted molar refractivity (Wildman–Crippen MR) is 80.3 cm³/mol. The van der Waals surface area contributed by atoms with E-state index >= 15 is 0 Å². The van der Waals surface area contributed by atoms with Gasteiger partial charge in [-0.15, -0.1) is 11.3 Å². The maximum absolute atomic E-state index is 12.6. The average molecular weight is 319 g/mol. The molecule has 0 fully saturated rings. The van der Waals surface area contributed by atoms with Crippen molar-refractivity contribution in [2.75, 3.05) is 13.6 Å². The van der Waals surface area contributed by atoms with E-state index in [0.29, 0.717) is 10.4 Å².